The highest BCUT2D eigenvalue weighted by molar-refractivity contribution is 5.81. The number of rotatable bonds is 6. The van der Waals surface area contributed by atoms with E-state index in [0.717, 1.165) is 54.3 Å². The molecule has 0 spiro atoms. The first-order chi connectivity index (χ1) is 14.0. The number of hydrogen-bond donors (Lipinski definition) is 0. The van der Waals surface area contributed by atoms with Gasteiger partial charge in [-0.1, -0.05) is 35.9 Å². The Bertz CT molecular complexity index is 1000. The molecule has 0 unspecified atom stereocenters. The summed E-state index contributed by atoms with van der Waals surface area (Å²) in [4.78, 5) is 22.2. The van der Waals surface area contributed by atoms with Gasteiger partial charge < -0.3 is 14.2 Å². The van der Waals surface area contributed by atoms with Crippen LogP contribution in [0.2, 0.25) is 0 Å². The number of carbonyl (C=O) groups is 1. The zero-order valence-corrected chi connectivity index (χ0v) is 17.7. The first kappa shape index (κ1) is 19.6. The lowest BCUT2D eigenvalue weighted by Gasteiger charge is -2.21. The number of fused-ring (bicyclic) bond motifs is 1. The summed E-state index contributed by atoms with van der Waals surface area (Å²) in [6.07, 6.45) is 4.98. The van der Waals surface area contributed by atoms with Gasteiger partial charge in [0.15, 0.2) is 0 Å². The normalized spacial score (nSPS) is 14.6. The summed E-state index contributed by atoms with van der Waals surface area (Å²) in [6.45, 7) is 8.20. The van der Waals surface area contributed by atoms with E-state index >= 15 is 0 Å². The predicted molar refractivity (Wildman–Crippen MR) is 117 cm³/mol. The van der Waals surface area contributed by atoms with Crippen LogP contribution in [0, 0.1) is 13.8 Å². The van der Waals surface area contributed by atoms with Crippen molar-refractivity contribution in [2.24, 2.45) is 0 Å². The molecule has 1 saturated heterocycles. The number of benzene rings is 1. The molecule has 0 bridgehead atoms. The monoisotopic (exact) mass is 390 g/mol. The van der Waals surface area contributed by atoms with Crippen LogP contribution in [-0.2, 0) is 11.2 Å². The molecule has 1 aliphatic rings. The maximum Gasteiger partial charge on any atom is 0.228 e. The number of aryl methyl sites for hydroxylation is 2. The van der Waals surface area contributed by atoms with Crippen LogP contribution in [-0.4, -0.2) is 58.3 Å². The quantitative estimate of drug-likeness (QED) is 0.644. The molecule has 0 radical (unpaired) electrons. The topological polar surface area (TPSA) is 40.9 Å². The highest BCUT2D eigenvalue weighted by atomic mass is 16.2. The molecule has 0 saturated carbocycles. The number of nitrogens with zero attached hydrogens (tertiary/aromatic N) is 4. The van der Waals surface area contributed by atoms with Crippen molar-refractivity contribution in [2.75, 3.05) is 33.2 Å². The largest absolute Gasteiger partial charge is 0.344 e. The Kier molecular flexibility index (Phi) is 5.67. The van der Waals surface area contributed by atoms with E-state index in [1.54, 1.807) is 0 Å². The molecule has 3 aromatic rings. The summed E-state index contributed by atoms with van der Waals surface area (Å²) in [5.41, 5.74) is 6.17. The fourth-order valence-electron chi connectivity index (χ4n) is 4.01. The third-order valence-corrected chi connectivity index (χ3v) is 5.89. The van der Waals surface area contributed by atoms with Gasteiger partial charge in [0, 0.05) is 31.9 Å². The molecule has 152 valence electrons. The molecule has 0 N–H and O–H groups in total. The van der Waals surface area contributed by atoms with E-state index in [4.69, 9.17) is 4.98 Å². The summed E-state index contributed by atoms with van der Waals surface area (Å²) < 4.78 is 2.08. The number of carbonyl (C=O) groups excluding carboxylic acids is 1. The summed E-state index contributed by atoms with van der Waals surface area (Å²) in [5.74, 6) is 0.140. The molecule has 5 nitrogen and oxygen atoms in total. The van der Waals surface area contributed by atoms with Crippen molar-refractivity contribution in [3.8, 4) is 11.3 Å². The first-order valence-electron chi connectivity index (χ1n) is 10.5. The third kappa shape index (κ3) is 4.35. The van der Waals surface area contributed by atoms with Crippen LogP contribution in [0.1, 0.15) is 29.7 Å². The second-order valence-electron chi connectivity index (χ2n) is 8.25. The van der Waals surface area contributed by atoms with Gasteiger partial charge in [-0.15, -0.1) is 0 Å². The van der Waals surface area contributed by atoms with Gasteiger partial charge in [0.1, 0.15) is 5.65 Å². The molecule has 1 aliphatic heterocycles. The second-order valence-corrected chi connectivity index (χ2v) is 8.25. The Morgan fingerprint density at radius 3 is 2.45 bits per heavy atom. The Morgan fingerprint density at radius 1 is 1.03 bits per heavy atom. The maximum atomic E-state index is 13.0. The van der Waals surface area contributed by atoms with Gasteiger partial charge in [-0.25, -0.2) is 4.98 Å². The summed E-state index contributed by atoms with van der Waals surface area (Å²) in [7, 11) is 1.92. The van der Waals surface area contributed by atoms with Crippen LogP contribution in [0.4, 0.5) is 0 Å². The second kappa shape index (κ2) is 8.37. The van der Waals surface area contributed by atoms with Crippen molar-refractivity contribution in [3.05, 3.63) is 59.4 Å². The molecule has 1 fully saturated rings. The van der Waals surface area contributed by atoms with E-state index in [2.05, 4.69) is 59.7 Å². The van der Waals surface area contributed by atoms with Crippen molar-refractivity contribution in [3.63, 3.8) is 0 Å². The number of pyridine rings is 1. The van der Waals surface area contributed by atoms with Crippen molar-refractivity contribution in [2.45, 2.75) is 33.1 Å². The zero-order chi connectivity index (χ0) is 20.4. The fraction of sp³-hybridized carbons (Fsp3) is 0.417. The van der Waals surface area contributed by atoms with Crippen LogP contribution in [0.5, 0.6) is 0 Å². The Hall–Kier alpha value is -2.66. The molecule has 3 heterocycles. The molecular weight excluding hydrogens is 360 g/mol. The van der Waals surface area contributed by atoms with Crippen LogP contribution < -0.4 is 0 Å². The Labute approximate surface area is 173 Å². The van der Waals surface area contributed by atoms with Crippen molar-refractivity contribution < 1.29 is 4.79 Å². The van der Waals surface area contributed by atoms with Crippen LogP contribution in [0.3, 0.4) is 0 Å². The van der Waals surface area contributed by atoms with E-state index in [1.807, 2.05) is 18.0 Å². The van der Waals surface area contributed by atoms with E-state index in [-0.39, 0.29) is 5.91 Å². The van der Waals surface area contributed by atoms with Crippen LogP contribution in [0.15, 0.2) is 42.6 Å². The number of aromatic nitrogens is 2. The molecule has 2 aromatic heterocycles. The van der Waals surface area contributed by atoms with Gasteiger partial charge in [0.05, 0.1) is 17.8 Å². The molecule has 5 heteroatoms. The van der Waals surface area contributed by atoms with E-state index in [9.17, 15) is 4.79 Å². The smallest absolute Gasteiger partial charge is 0.228 e. The number of hydrogen-bond acceptors (Lipinski definition) is 3. The first-order valence-corrected chi connectivity index (χ1v) is 10.5. The number of amides is 1. The predicted octanol–water partition coefficient (Wildman–Crippen LogP) is 3.71. The van der Waals surface area contributed by atoms with E-state index < -0.39 is 0 Å². The lowest BCUT2D eigenvalue weighted by atomic mass is 10.1. The SMILES string of the molecule is Cc1ccc(-c2nc3ccc(C)cn3c2CC(=O)N(C)CCN2CCCC2)cc1. The molecule has 1 aromatic carbocycles. The van der Waals surface area contributed by atoms with Gasteiger partial charge in [-0.05, 0) is 51.4 Å². The standard InChI is InChI=1S/C24H30N4O/c1-18-6-9-20(10-7-18)24-21(28-17-19(2)8-11-22(28)25-24)16-23(29)26(3)14-15-27-12-4-5-13-27/h6-11,17H,4-5,12-16H2,1-3H3. The minimum atomic E-state index is 0.140. The average Bonchev–Trinajstić information content (AvgIpc) is 3.35. The number of imidazole rings is 1. The molecule has 0 atom stereocenters. The minimum Gasteiger partial charge on any atom is -0.344 e. The zero-order valence-electron chi connectivity index (χ0n) is 17.7. The van der Waals surface area contributed by atoms with Crippen LogP contribution in [0.25, 0.3) is 16.9 Å². The minimum absolute atomic E-state index is 0.140. The van der Waals surface area contributed by atoms with Gasteiger partial charge in [0.2, 0.25) is 5.91 Å². The highest BCUT2D eigenvalue weighted by Gasteiger charge is 2.20. The number of likely N-dealkylation sites (N-methyl/N-ethyl adjacent to an activating group) is 1. The lowest BCUT2D eigenvalue weighted by Crippen LogP contribution is -2.36. The van der Waals surface area contributed by atoms with Gasteiger partial charge in [-0.3, -0.25) is 4.79 Å². The van der Waals surface area contributed by atoms with Gasteiger partial charge in [0.25, 0.3) is 0 Å². The Morgan fingerprint density at radius 2 is 1.72 bits per heavy atom. The summed E-state index contributed by atoms with van der Waals surface area (Å²) >= 11 is 0. The Balaban J connectivity index is 1.60. The van der Waals surface area contributed by atoms with Gasteiger partial charge >= 0.3 is 0 Å². The highest BCUT2D eigenvalue weighted by Crippen LogP contribution is 2.26. The molecule has 0 aliphatic carbocycles. The van der Waals surface area contributed by atoms with Crippen molar-refractivity contribution in [1.82, 2.24) is 19.2 Å². The van der Waals surface area contributed by atoms with Crippen molar-refractivity contribution >= 4 is 11.6 Å². The van der Waals surface area contributed by atoms with Crippen molar-refractivity contribution in [1.29, 1.82) is 0 Å². The average molecular weight is 391 g/mol. The lowest BCUT2D eigenvalue weighted by molar-refractivity contribution is -0.129. The third-order valence-electron chi connectivity index (χ3n) is 5.89. The molecule has 4 rings (SSSR count). The molecule has 29 heavy (non-hydrogen) atoms. The molecule has 1 amide bonds. The maximum absolute atomic E-state index is 13.0. The fourth-order valence-corrected chi connectivity index (χ4v) is 4.01. The summed E-state index contributed by atoms with van der Waals surface area (Å²) in [5, 5.41) is 0. The van der Waals surface area contributed by atoms with Crippen LogP contribution >= 0.6 is 0 Å². The van der Waals surface area contributed by atoms with E-state index in [1.165, 1.54) is 18.4 Å². The van der Waals surface area contributed by atoms with E-state index in [0.29, 0.717) is 6.42 Å². The number of likely N-dealkylation sites (tertiary alicyclic amines) is 1. The molecular formula is C24H30N4O. The van der Waals surface area contributed by atoms with Gasteiger partial charge in [-0.2, -0.15) is 0 Å². The summed E-state index contributed by atoms with van der Waals surface area (Å²) in [6, 6.07) is 12.5.